The van der Waals surface area contributed by atoms with Crippen molar-refractivity contribution in [2.45, 2.75) is 6.92 Å². The van der Waals surface area contributed by atoms with Crippen LogP contribution in [0.2, 0.25) is 0 Å². The van der Waals surface area contributed by atoms with Crippen LogP contribution in [-0.4, -0.2) is 5.84 Å². The van der Waals surface area contributed by atoms with Crippen LogP contribution in [0, 0.1) is 12.3 Å². The molecule has 3 aromatic carbocycles. The largest absolute Gasteiger partial charge is 0.384 e. The Labute approximate surface area is 138 Å². The second-order valence-corrected chi connectivity index (χ2v) is 7.63. The molecule has 0 heterocycles. The van der Waals surface area contributed by atoms with Gasteiger partial charge >= 0.3 is 0 Å². The number of aryl methyl sites for hydroxylation is 1. The lowest BCUT2D eigenvalue weighted by atomic mass is 10.1. The first kappa shape index (κ1) is 15.5. The van der Waals surface area contributed by atoms with Crippen LogP contribution in [0.25, 0.3) is 0 Å². The number of nitrogens with two attached hydrogens (primary N) is 1. The number of rotatable bonds is 4. The average Bonchev–Trinajstić information content (AvgIpc) is 2.57. The summed E-state index contributed by atoms with van der Waals surface area (Å²) in [6.07, 6.45) is 0. The van der Waals surface area contributed by atoms with Gasteiger partial charge in [0, 0.05) is 5.56 Å². The molecular formula is C20H19N2P. The van der Waals surface area contributed by atoms with E-state index in [1.165, 1.54) is 16.2 Å². The molecular weight excluding hydrogens is 299 g/mol. The summed E-state index contributed by atoms with van der Waals surface area (Å²) in [6.45, 7) is 2.08. The molecule has 0 fully saturated rings. The van der Waals surface area contributed by atoms with Gasteiger partial charge in [0.15, 0.2) is 0 Å². The number of benzene rings is 3. The van der Waals surface area contributed by atoms with Gasteiger partial charge in [-0.3, -0.25) is 5.41 Å². The first-order chi connectivity index (χ1) is 11.2. The van der Waals surface area contributed by atoms with Crippen LogP contribution in [0.4, 0.5) is 0 Å². The van der Waals surface area contributed by atoms with E-state index in [0.29, 0.717) is 0 Å². The third kappa shape index (κ3) is 3.33. The van der Waals surface area contributed by atoms with Crippen LogP contribution in [0.1, 0.15) is 11.1 Å². The summed E-state index contributed by atoms with van der Waals surface area (Å²) in [5.74, 6) is 0.124. The zero-order chi connectivity index (χ0) is 16.2. The second-order valence-electron chi connectivity index (χ2n) is 5.44. The summed E-state index contributed by atoms with van der Waals surface area (Å²) in [5.41, 5.74) is 7.87. The molecule has 0 saturated carbocycles. The van der Waals surface area contributed by atoms with Crippen LogP contribution in [-0.2, 0) is 0 Å². The van der Waals surface area contributed by atoms with Gasteiger partial charge in [-0.15, -0.1) is 0 Å². The molecule has 3 rings (SSSR count). The number of nitrogens with one attached hydrogen (secondary N) is 1. The minimum atomic E-state index is -0.736. The highest BCUT2D eigenvalue weighted by molar-refractivity contribution is 7.80. The zero-order valence-electron chi connectivity index (χ0n) is 13.0. The van der Waals surface area contributed by atoms with Crippen molar-refractivity contribution in [1.29, 1.82) is 5.41 Å². The SMILES string of the molecule is Cc1ccc(C(=N)N)c(P(c2ccccc2)c2ccccc2)c1. The summed E-state index contributed by atoms with van der Waals surface area (Å²) in [4.78, 5) is 0. The van der Waals surface area contributed by atoms with Crippen LogP contribution < -0.4 is 21.6 Å². The van der Waals surface area contributed by atoms with Gasteiger partial charge in [0.1, 0.15) is 5.84 Å². The van der Waals surface area contributed by atoms with Crippen molar-refractivity contribution in [2.24, 2.45) is 5.73 Å². The highest BCUT2D eigenvalue weighted by atomic mass is 31.1. The van der Waals surface area contributed by atoms with E-state index in [1.54, 1.807) is 0 Å². The van der Waals surface area contributed by atoms with Crippen molar-refractivity contribution in [2.75, 3.05) is 0 Å². The van der Waals surface area contributed by atoms with Crippen molar-refractivity contribution < 1.29 is 0 Å². The Balaban J connectivity index is 2.25. The lowest BCUT2D eigenvalue weighted by molar-refractivity contribution is 1.42. The van der Waals surface area contributed by atoms with Gasteiger partial charge < -0.3 is 5.73 Å². The third-order valence-electron chi connectivity index (χ3n) is 3.71. The van der Waals surface area contributed by atoms with Crippen LogP contribution in [0.5, 0.6) is 0 Å². The Kier molecular flexibility index (Phi) is 4.55. The van der Waals surface area contributed by atoms with Crippen LogP contribution >= 0.6 is 7.92 Å². The predicted molar refractivity (Wildman–Crippen MR) is 101 cm³/mol. The van der Waals surface area contributed by atoms with Gasteiger partial charge in [-0.2, -0.15) is 0 Å². The molecule has 0 radical (unpaired) electrons. The monoisotopic (exact) mass is 318 g/mol. The summed E-state index contributed by atoms with van der Waals surface area (Å²) in [5, 5.41) is 11.6. The van der Waals surface area contributed by atoms with E-state index in [-0.39, 0.29) is 5.84 Å². The normalized spacial score (nSPS) is 10.7. The summed E-state index contributed by atoms with van der Waals surface area (Å²) in [7, 11) is -0.736. The summed E-state index contributed by atoms with van der Waals surface area (Å²) >= 11 is 0. The molecule has 0 atom stereocenters. The quantitative estimate of drug-likeness (QED) is 0.434. The van der Waals surface area contributed by atoms with E-state index in [0.717, 1.165) is 10.9 Å². The molecule has 0 aliphatic heterocycles. The van der Waals surface area contributed by atoms with E-state index in [4.69, 9.17) is 11.1 Å². The highest BCUT2D eigenvalue weighted by Gasteiger charge is 2.20. The van der Waals surface area contributed by atoms with E-state index in [1.807, 2.05) is 24.3 Å². The zero-order valence-corrected chi connectivity index (χ0v) is 13.9. The molecule has 3 N–H and O–H groups in total. The molecule has 114 valence electrons. The van der Waals surface area contributed by atoms with Gasteiger partial charge in [-0.25, -0.2) is 0 Å². The fourth-order valence-corrected chi connectivity index (χ4v) is 5.20. The molecule has 0 aromatic heterocycles. The fourth-order valence-electron chi connectivity index (χ4n) is 2.64. The lowest BCUT2D eigenvalue weighted by Gasteiger charge is -2.22. The molecule has 0 aliphatic rings. The Morgan fingerprint density at radius 3 is 1.83 bits per heavy atom. The maximum absolute atomic E-state index is 7.95. The van der Waals surface area contributed by atoms with E-state index >= 15 is 0 Å². The molecule has 0 aliphatic carbocycles. The second kappa shape index (κ2) is 6.76. The first-order valence-corrected chi connectivity index (χ1v) is 8.86. The molecule has 23 heavy (non-hydrogen) atoms. The number of hydrogen-bond donors (Lipinski definition) is 2. The molecule has 0 saturated heterocycles. The van der Waals surface area contributed by atoms with E-state index in [2.05, 4.69) is 61.5 Å². The molecule has 0 spiro atoms. The van der Waals surface area contributed by atoms with Gasteiger partial charge in [0.05, 0.1) is 0 Å². The Bertz CT molecular complexity index is 774. The van der Waals surface area contributed by atoms with Crippen molar-refractivity contribution in [1.82, 2.24) is 0 Å². The van der Waals surface area contributed by atoms with Crippen LogP contribution in [0.3, 0.4) is 0 Å². The van der Waals surface area contributed by atoms with Crippen molar-refractivity contribution in [3.8, 4) is 0 Å². The summed E-state index contributed by atoms with van der Waals surface area (Å²) < 4.78 is 0. The first-order valence-electron chi connectivity index (χ1n) is 7.52. The van der Waals surface area contributed by atoms with Gasteiger partial charge in [0.2, 0.25) is 0 Å². The number of nitrogen functional groups attached to an aromatic ring is 1. The maximum Gasteiger partial charge on any atom is 0.123 e. The van der Waals surface area contributed by atoms with Crippen LogP contribution in [0.15, 0.2) is 78.9 Å². The van der Waals surface area contributed by atoms with E-state index < -0.39 is 7.92 Å². The molecule has 0 bridgehead atoms. The highest BCUT2D eigenvalue weighted by Crippen LogP contribution is 2.34. The standard InChI is InChI=1S/C20H19N2P/c1-15-12-13-18(20(21)22)19(14-15)23(16-8-4-2-5-9-16)17-10-6-3-7-11-17/h2-14H,1H3,(H3,21,22). The van der Waals surface area contributed by atoms with Gasteiger partial charge in [0.25, 0.3) is 0 Å². The minimum Gasteiger partial charge on any atom is -0.384 e. The van der Waals surface area contributed by atoms with Crippen molar-refractivity contribution in [3.05, 3.63) is 90.0 Å². The fraction of sp³-hybridized carbons (Fsp3) is 0.0500. The van der Waals surface area contributed by atoms with Crippen molar-refractivity contribution >= 4 is 29.7 Å². The smallest absolute Gasteiger partial charge is 0.123 e. The number of amidine groups is 1. The molecule has 0 amide bonds. The molecule has 2 nitrogen and oxygen atoms in total. The minimum absolute atomic E-state index is 0.124. The molecule has 3 heteroatoms. The number of hydrogen-bond acceptors (Lipinski definition) is 1. The average molecular weight is 318 g/mol. The molecule has 3 aromatic rings. The van der Waals surface area contributed by atoms with Crippen molar-refractivity contribution in [3.63, 3.8) is 0 Å². The predicted octanol–water partition coefficient (Wildman–Crippen LogP) is 3.04. The Hall–Kier alpha value is -2.44. The topological polar surface area (TPSA) is 49.9 Å². The Morgan fingerprint density at radius 2 is 1.35 bits per heavy atom. The Morgan fingerprint density at radius 1 is 0.826 bits per heavy atom. The third-order valence-corrected chi connectivity index (χ3v) is 6.19. The maximum atomic E-state index is 7.95. The van der Waals surface area contributed by atoms with E-state index in [9.17, 15) is 0 Å². The van der Waals surface area contributed by atoms with Gasteiger partial charge in [-0.05, 0) is 30.8 Å². The van der Waals surface area contributed by atoms with Gasteiger partial charge in [-0.1, -0.05) is 84.4 Å². The lowest BCUT2D eigenvalue weighted by Crippen LogP contribution is -2.28. The summed E-state index contributed by atoms with van der Waals surface area (Å²) in [6, 6.07) is 27.1. The molecule has 0 unspecified atom stereocenters.